The predicted octanol–water partition coefficient (Wildman–Crippen LogP) is 3.43. The van der Waals surface area contributed by atoms with E-state index in [2.05, 4.69) is 20.9 Å². The summed E-state index contributed by atoms with van der Waals surface area (Å²) in [7, 11) is 0. The van der Waals surface area contributed by atoms with Crippen molar-refractivity contribution in [3.8, 4) is 0 Å². The summed E-state index contributed by atoms with van der Waals surface area (Å²) in [5.41, 5.74) is -1.02. The SMILES string of the molecule is O=[N+]([O-])c1c(C(F)F)cnc(I)c1CBr. The van der Waals surface area contributed by atoms with Crippen LogP contribution in [0.5, 0.6) is 0 Å². The van der Waals surface area contributed by atoms with Gasteiger partial charge in [-0.1, -0.05) is 15.9 Å². The molecule has 0 aromatic carbocycles. The molecule has 8 heteroatoms. The lowest BCUT2D eigenvalue weighted by Gasteiger charge is -2.06. The van der Waals surface area contributed by atoms with E-state index in [-0.39, 0.29) is 10.9 Å². The maximum absolute atomic E-state index is 12.5. The lowest BCUT2D eigenvalue weighted by Crippen LogP contribution is -2.04. The standard InChI is InChI=1S/C7H4BrF2IN2O2/c8-1-3-5(13(14)15)4(6(9)10)2-12-7(3)11/h2,6H,1H2. The van der Waals surface area contributed by atoms with Gasteiger partial charge in [0.15, 0.2) is 0 Å². The molecule has 0 amide bonds. The average Bonchev–Trinajstić information content (AvgIpc) is 2.16. The quantitative estimate of drug-likeness (QED) is 0.260. The first kappa shape index (κ1) is 12.7. The number of hydrogen-bond donors (Lipinski definition) is 0. The van der Waals surface area contributed by atoms with Gasteiger partial charge in [0.05, 0.1) is 10.5 Å². The molecule has 1 aromatic heterocycles. The van der Waals surface area contributed by atoms with Crippen molar-refractivity contribution in [1.82, 2.24) is 4.98 Å². The molecule has 0 N–H and O–H groups in total. The van der Waals surface area contributed by atoms with Crippen molar-refractivity contribution in [2.24, 2.45) is 0 Å². The molecule has 15 heavy (non-hydrogen) atoms. The normalized spacial score (nSPS) is 10.7. The molecule has 82 valence electrons. The highest BCUT2D eigenvalue weighted by Gasteiger charge is 2.27. The van der Waals surface area contributed by atoms with Gasteiger partial charge in [-0.2, -0.15) is 0 Å². The van der Waals surface area contributed by atoms with Crippen molar-refractivity contribution >= 4 is 44.2 Å². The number of nitrogens with zero attached hydrogens (tertiary/aromatic N) is 2. The van der Waals surface area contributed by atoms with E-state index in [0.29, 0.717) is 3.70 Å². The highest BCUT2D eigenvalue weighted by Crippen LogP contribution is 2.34. The van der Waals surface area contributed by atoms with Gasteiger partial charge >= 0.3 is 0 Å². The summed E-state index contributed by atoms with van der Waals surface area (Å²) in [6.07, 6.45) is -2.05. The second-order valence-electron chi connectivity index (χ2n) is 2.52. The number of pyridine rings is 1. The summed E-state index contributed by atoms with van der Waals surface area (Å²) >= 11 is 4.79. The van der Waals surface area contributed by atoms with Crippen molar-refractivity contribution in [1.29, 1.82) is 0 Å². The van der Waals surface area contributed by atoms with Crippen molar-refractivity contribution in [3.05, 3.63) is 31.1 Å². The van der Waals surface area contributed by atoms with Crippen molar-refractivity contribution in [2.75, 3.05) is 0 Å². The van der Waals surface area contributed by atoms with Crippen molar-refractivity contribution < 1.29 is 13.7 Å². The molecule has 0 radical (unpaired) electrons. The topological polar surface area (TPSA) is 56.0 Å². The second kappa shape index (κ2) is 5.10. The number of aromatic nitrogens is 1. The summed E-state index contributed by atoms with van der Waals surface area (Å²) in [5, 5.41) is 10.8. The van der Waals surface area contributed by atoms with Crippen LogP contribution in [0, 0.1) is 13.8 Å². The summed E-state index contributed by atoms with van der Waals surface area (Å²) < 4.78 is 25.3. The van der Waals surface area contributed by atoms with Crippen LogP contribution < -0.4 is 0 Å². The van der Waals surface area contributed by atoms with E-state index in [0.717, 1.165) is 6.20 Å². The largest absolute Gasteiger partial charge is 0.286 e. The molecule has 0 atom stereocenters. The molecule has 1 heterocycles. The number of rotatable bonds is 3. The minimum atomic E-state index is -2.90. The zero-order valence-corrected chi connectivity index (χ0v) is 10.8. The molecular formula is C7H4BrF2IN2O2. The van der Waals surface area contributed by atoms with Crippen LogP contribution in [0.25, 0.3) is 0 Å². The first-order chi connectivity index (χ1) is 6.99. The Labute approximate surface area is 105 Å². The second-order valence-corrected chi connectivity index (χ2v) is 4.11. The van der Waals surface area contributed by atoms with E-state index in [1.165, 1.54) is 0 Å². The van der Waals surface area contributed by atoms with E-state index in [1.54, 1.807) is 22.6 Å². The van der Waals surface area contributed by atoms with Crippen LogP contribution in [0.1, 0.15) is 17.6 Å². The van der Waals surface area contributed by atoms with Gasteiger partial charge in [0.2, 0.25) is 0 Å². The molecule has 0 aliphatic rings. The minimum absolute atomic E-state index is 0.120. The highest BCUT2D eigenvalue weighted by molar-refractivity contribution is 14.1. The third-order valence-electron chi connectivity index (χ3n) is 1.68. The Kier molecular flexibility index (Phi) is 4.32. The molecule has 0 unspecified atom stereocenters. The Morgan fingerprint density at radius 1 is 1.67 bits per heavy atom. The molecule has 1 aromatic rings. The Hall–Kier alpha value is -0.380. The number of alkyl halides is 3. The summed E-state index contributed by atoms with van der Waals surface area (Å²) in [5.74, 6) is 0. The molecule has 0 aliphatic heterocycles. The van der Waals surface area contributed by atoms with Gasteiger partial charge < -0.3 is 0 Å². The maximum atomic E-state index is 12.5. The molecule has 0 saturated heterocycles. The summed E-state index contributed by atoms with van der Waals surface area (Å²) in [6.45, 7) is 0. The van der Waals surface area contributed by atoms with Crippen LogP contribution in [-0.4, -0.2) is 9.91 Å². The lowest BCUT2D eigenvalue weighted by atomic mass is 10.2. The molecule has 1 rings (SSSR count). The predicted molar refractivity (Wildman–Crippen MR) is 61.2 cm³/mol. The first-order valence-electron chi connectivity index (χ1n) is 3.64. The molecule has 0 fully saturated rings. The monoisotopic (exact) mass is 392 g/mol. The van der Waals surface area contributed by atoms with Crippen LogP contribution in [0.15, 0.2) is 6.20 Å². The van der Waals surface area contributed by atoms with Gasteiger partial charge in [0.1, 0.15) is 9.26 Å². The fourth-order valence-corrected chi connectivity index (χ4v) is 2.67. The van der Waals surface area contributed by atoms with E-state index >= 15 is 0 Å². The molecular weight excluding hydrogens is 389 g/mol. The first-order valence-corrected chi connectivity index (χ1v) is 5.84. The van der Waals surface area contributed by atoms with E-state index < -0.39 is 22.6 Å². The lowest BCUT2D eigenvalue weighted by molar-refractivity contribution is -0.387. The van der Waals surface area contributed by atoms with E-state index in [4.69, 9.17) is 0 Å². The Balaban J connectivity index is 3.49. The third kappa shape index (κ3) is 2.60. The Morgan fingerprint density at radius 2 is 2.27 bits per heavy atom. The fraction of sp³-hybridized carbons (Fsp3) is 0.286. The number of nitro groups is 1. The van der Waals surface area contributed by atoms with Gasteiger partial charge in [-0.25, -0.2) is 13.8 Å². The van der Waals surface area contributed by atoms with Crippen LogP contribution in [0.3, 0.4) is 0 Å². The average molecular weight is 393 g/mol. The van der Waals surface area contributed by atoms with Gasteiger partial charge in [0, 0.05) is 11.5 Å². The zero-order valence-electron chi connectivity index (χ0n) is 7.08. The molecule has 0 aliphatic carbocycles. The zero-order chi connectivity index (χ0) is 11.6. The molecule has 4 nitrogen and oxygen atoms in total. The summed E-state index contributed by atoms with van der Waals surface area (Å²) in [6, 6.07) is 0. The molecule has 0 saturated carbocycles. The number of hydrogen-bond acceptors (Lipinski definition) is 3. The van der Waals surface area contributed by atoms with Crippen LogP contribution in [0.4, 0.5) is 14.5 Å². The fourth-order valence-electron chi connectivity index (χ4n) is 1.03. The van der Waals surface area contributed by atoms with E-state index in [9.17, 15) is 18.9 Å². The highest BCUT2D eigenvalue weighted by atomic mass is 127. The van der Waals surface area contributed by atoms with Gasteiger partial charge in [-0.05, 0) is 22.6 Å². The molecule has 0 bridgehead atoms. The third-order valence-corrected chi connectivity index (χ3v) is 3.17. The maximum Gasteiger partial charge on any atom is 0.286 e. The smallest absolute Gasteiger partial charge is 0.258 e. The molecule has 0 spiro atoms. The Morgan fingerprint density at radius 3 is 2.67 bits per heavy atom. The van der Waals surface area contributed by atoms with Crippen LogP contribution in [0.2, 0.25) is 0 Å². The van der Waals surface area contributed by atoms with Crippen molar-refractivity contribution in [2.45, 2.75) is 11.8 Å². The number of halogens is 4. The van der Waals surface area contributed by atoms with Crippen LogP contribution >= 0.6 is 38.5 Å². The van der Waals surface area contributed by atoms with E-state index in [1.807, 2.05) is 0 Å². The van der Waals surface area contributed by atoms with Crippen molar-refractivity contribution in [3.63, 3.8) is 0 Å². The summed E-state index contributed by atoms with van der Waals surface area (Å²) in [4.78, 5) is 13.6. The minimum Gasteiger partial charge on any atom is -0.258 e. The van der Waals surface area contributed by atoms with Gasteiger partial charge in [-0.15, -0.1) is 0 Å². The van der Waals surface area contributed by atoms with Crippen LogP contribution in [-0.2, 0) is 5.33 Å². The Bertz CT molecular complexity index is 403. The van der Waals surface area contributed by atoms with Gasteiger partial charge in [-0.3, -0.25) is 10.1 Å². The van der Waals surface area contributed by atoms with Gasteiger partial charge in [0.25, 0.3) is 12.1 Å².